The van der Waals surface area contributed by atoms with Crippen LogP contribution in [0.15, 0.2) is 60.8 Å². The molecule has 2 heterocycles. The number of aromatic nitrogens is 1. The minimum Gasteiger partial charge on any atom is -0.459 e. The SMILES string of the molecule is CC1(C)OC(=O)C[C@H]1C(=O)Nc1cccc2c1ccn2Cc1ccccc1. The third kappa shape index (κ3) is 3.33. The number of rotatable bonds is 4. The molecule has 0 unspecified atom stereocenters. The van der Waals surface area contributed by atoms with Crippen LogP contribution in [0.5, 0.6) is 0 Å². The van der Waals surface area contributed by atoms with Gasteiger partial charge < -0.3 is 14.6 Å². The predicted octanol–water partition coefficient (Wildman–Crippen LogP) is 3.97. The maximum Gasteiger partial charge on any atom is 0.307 e. The Kier molecular flexibility index (Phi) is 4.22. The van der Waals surface area contributed by atoms with Gasteiger partial charge in [-0.1, -0.05) is 36.4 Å². The normalized spacial score (nSPS) is 18.4. The monoisotopic (exact) mass is 362 g/mol. The Morgan fingerprint density at radius 3 is 2.63 bits per heavy atom. The summed E-state index contributed by atoms with van der Waals surface area (Å²) in [7, 11) is 0. The van der Waals surface area contributed by atoms with E-state index >= 15 is 0 Å². The maximum atomic E-state index is 12.8. The third-order valence-electron chi connectivity index (χ3n) is 5.17. The van der Waals surface area contributed by atoms with Crippen molar-refractivity contribution in [2.24, 2.45) is 5.92 Å². The van der Waals surface area contributed by atoms with Gasteiger partial charge in [-0.25, -0.2) is 0 Å². The number of benzene rings is 2. The number of esters is 1. The van der Waals surface area contributed by atoms with E-state index in [9.17, 15) is 9.59 Å². The summed E-state index contributed by atoms with van der Waals surface area (Å²) in [5.41, 5.74) is 2.23. The summed E-state index contributed by atoms with van der Waals surface area (Å²) in [6.45, 7) is 4.32. The van der Waals surface area contributed by atoms with E-state index in [-0.39, 0.29) is 18.3 Å². The highest BCUT2D eigenvalue weighted by Gasteiger charge is 2.46. The van der Waals surface area contributed by atoms with E-state index in [1.165, 1.54) is 5.56 Å². The molecule has 0 bridgehead atoms. The van der Waals surface area contributed by atoms with Gasteiger partial charge in [0.05, 0.1) is 23.5 Å². The van der Waals surface area contributed by atoms with Crippen LogP contribution in [0.1, 0.15) is 25.8 Å². The fourth-order valence-corrected chi connectivity index (χ4v) is 3.70. The number of carbonyl (C=O) groups excluding carboxylic acids is 2. The average Bonchev–Trinajstić information content (AvgIpc) is 3.16. The minimum atomic E-state index is -0.783. The van der Waals surface area contributed by atoms with Gasteiger partial charge >= 0.3 is 5.97 Å². The second-order valence-corrected chi connectivity index (χ2v) is 7.49. The van der Waals surface area contributed by atoms with Crippen LogP contribution >= 0.6 is 0 Å². The first-order chi connectivity index (χ1) is 12.9. The lowest BCUT2D eigenvalue weighted by Gasteiger charge is -2.23. The van der Waals surface area contributed by atoms with Crippen LogP contribution in [0, 0.1) is 5.92 Å². The number of amides is 1. The molecule has 27 heavy (non-hydrogen) atoms. The van der Waals surface area contributed by atoms with Crippen LogP contribution in [0.25, 0.3) is 10.9 Å². The van der Waals surface area contributed by atoms with Gasteiger partial charge in [0.1, 0.15) is 5.60 Å². The number of ether oxygens (including phenoxy) is 1. The van der Waals surface area contributed by atoms with Crippen molar-refractivity contribution in [1.29, 1.82) is 0 Å². The van der Waals surface area contributed by atoms with Crippen molar-refractivity contribution in [1.82, 2.24) is 4.57 Å². The fourth-order valence-electron chi connectivity index (χ4n) is 3.70. The van der Waals surface area contributed by atoms with Gasteiger partial charge in [-0.3, -0.25) is 9.59 Å². The van der Waals surface area contributed by atoms with Gasteiger partial charge in [-0.05, 0) is 37.6 Å². The zero-order valence-corrected chi connectivity index (χ0v) is 15.4. The van der Waals surface area contributed by atoms with Gasteiger partial charge in [-0.15, -0.1) is 0 Å². The van der Waals surface area contributed by atoms with Gasteiger partial charge in [0.15, 0.2) is 0 Å². The summed E-state index contributed by atoms with van der Waals surface area (Å²) < 4.78 is 7.43. The zero-order valence-electron chi connectivity index (χ0n) is 15.4. The Morgan fingerprint density at radius 2 is 1.93 bits per heavy atom. The van der Waals surface area contributed by atoms with Crippen LogP contribution in [-0.4, -0.2) is 22.0 Å². The van der Waals surface area contributed by atoms with Gasteiger partial charge in [0, 0.05) is 18.1 Å². The number of nitrogens with one attached hydrogen (secondary N) is 1. The molecule has 1 aliphatic rings. The van der Waals surface area contributed by atoms with Gasteiger partial charge in [0.25, 0.3) is 0 Å². The molecule has 1 atom stereocenters. The van der Waals surface area contributed by atoms with Gasteiger partial charge in [0.2, 0.25) is 5.91 Å². The van der Waals surface area contributed by atoms with E-state index < -0.39 is 11.5 Å². The predicted molar refractivity (Wildman–Crippen MR) is 104 cm³/mol. The lowest BCUT2D eigenvalue weighted by Crippen LogP contribution is -2.36. The first-order valence-electron chi connectivity index (χ1n) is 9.08. The van der Waals surface area contributed by atoms with E-state index in [0.717, 1.165) is 23.1 Å². The van der Waals surface area contributed by atoms with Gasteiger partial charge in [-0.2, -0.15) is 0 Å². The number of hydrogen-bond acceptors (Lipinski definition) is 3. The average molecular weight is 362 g/mol. The summed E-state index contributed by atoms with van der Waals surface area (Å²) in [5, 5.41) is 3.97. The standard InChI is InChI=1S/C22H22N2O3/c1-22(2)17(13-20(25)27-22)21(26)23-18-9-6-10-19-16(18)11-12-24(19)14-15-7-4-3-5-8-15/h3-12,17H,13-14H2,1-2H3,(H,23,26)/t17-/m0/s1. The van der Waals surface area contributed by atoms with Crippen molar-refractivity contribution in [3.63, 3.8) is 0 Å². The molecule has 5 heteroatoms. The summed E-state index contributed by atoms with van der Waals surface area (Å²) in [4.78, 5) is 24.4. The topological polar surface area (TPSA) is 60.3 Å². The van der Waals surface area contributed by atoms with Crippen molar-refractivity contribution >= 4 is 28.5 Å². The molecule has 2 aromatic carbocycles. The number of cyclic esters (lactones) is 1. The van der Waals surface area contributed by atoms with E-state index in [2.05, 4.69) is 22.0 Å². The summed E-state index contributed by atoms with van der Waals surface area (Å²) in [6, 6.07) is 18.1. The van der Waals surface area contributed by atoms with Crippen LogP contribution < -0.4 is 5.32 Å². The van der Waals surface area contributed by atoms with Crippen molar-refractivity contribution in [2.75, 3.05) is 5.32 Å². The molecule has 1 amide bonds. The molecule has 3 aromatic rings. The van der Waals surface area contributed by atoms with Crippen molar-refractivity contribution in [2.45, 2.75) is 32.4 Å². The minimum absolute atomic E-state index is 0.115. The fraction of sp³-hybridized carbons (Fsp3) is 0.273. The molecule has 1 N–H and O–H groups in total. The summed E-state index contributed by atoms with van der Waals surface area (Å²) in [5.74, 6) is -1.01. The third-order valence-corrected chi connectivity index (χ3v) is 5.17. The Labute approximate surface area is 157 Å². The molecule has 4 rings (SSSR count). The molecule has 138 valence electrons. The zero-order chi connectivity index (χ0) is 19.0. The summed E-state index contributed by atoms with van der Waals surface area (Å²) >= 11 is 0. The van der Waals surface area contributed by atoms with E-state index in [0.29, 0.717) is 0 Å². The number of carbonyl (C=O) groups is 2. The first-order valence-corrected chi connectivity index (χ1v) is 9.08. The second kappa shape index (κ2) is 6.58. The molecular formula is C22H22N2O3. The molecule has 0 spiro atoms. The van der Waals surface area contributed by atoms with Crippen LogP contribution in [-0.2, 0) is 20.9 Å². The van der Waals surface area contributed by atoms with E-state index in [1.54, 1.807) is 13.8 Å². The molecule has 0 aliphatic carbocycles. The molecule has 1 aromatic heterocycles. The molecule has 1 saturated heterocycles. The molecule has 0 saturated carbocycles. The van der Waals surface area contributed by atoms with Crippen molar-refractivity contribution in [3.05, 3.63) is 66.4 Å². The van der Waals surface area contributed by atoms with E-state index in [1.807, 2.05) is 48.7 Å². The number of fused-ring (bicyclic) bond motifs is 1. The lowest BCUT2D eigenvalue weighted by atomic mass is 9.90. The Hall–Kier alpha value is -3.08. The quantitative estimate of drug-likeness (QED) is 0.715. The Balaban J connectivity index is 1.60. The maximum absolute atomic E-state index is 12.8. The first kappa shape index (κ1) is 17.3. The lowest BCUT2D eigenvalue weighted by molar-refractivity contribution is -0.147. The molecule has 0 radical (unpaired) electrons. The van der Waals surface area contributed by atoms with Crippen molar-refractivity contribution in [3.8, 4) is 0 Å². The molecule has 5 nitrogen and oxygen atoms in total. The molecule has 1 fully saturated rings. The number of nitrogens with zero attached hydrogens (tertiary/aromatic N) is 1. The number of anilines is 1. The van der Waals surface area contributed by atoms with Crippen LogP contribution in [0.2, 0.25) is 0 Å². The highest BCUT2D eigenvalue weighted by molar-refractivity contribution is 6.03. The Morgan fingerprint density at radius 1 is 1.15 bits per heavy atom. The van der Waals surface area contributed by atoms with E-state index in [4.69, 9.17) is 4.74 Å². The number of hydrogen-bond donors (Lipinski definition) is 1. The smallest absolute Gasteiger partial charge is 0.307 e. The highest BCUT2D eigenvalue weighted by atomic mass is 16.6. The van der Waals surface area contributed by atoms with Crippen LogP contribution in [0.4, 0.5) is 5.69 Å². The largest absolute Gasteiger partial charge is 0.459 e. The highest BCUT2D eigenvalue weighted by Crippen LogP contribution is 2.34. The summed E-state index contributed by atoms with van der Waals surface area (Å²) in [6.07, 6.45) is 2.14. The molecular weight excluding hydrogens is 340 g/mol. The van der Waals surface area contributed by atoms with Crippen molar-refractivity contribution < 1.29 is 14.3 Å². The molecule has 1 aliphatic heterocycles. The second-order valence-electron chi connectivity index (χ2n) is 7.49. The Bertz CT molecular complexity index is 1000. The van der Waals surface area contributed by atoms with Crippen LogP contribution in [0.3, 0.4) is 0 Å².